The molecule has 154 valence electrons. The molecule has 0 atom stereocenters. The Kier molecular flexibility index (Phi) is 6.55. The number of ether oxygens (including phenoxy) is 2. The van der Waals surface area contributed by atoms with Crippen molar-refractivity contribution in [1.82, 2.24) is 0 Å². The third-order valence-corrected chi connectivity index (χ3v) is 5.53. The highest BCUT2D eigenvalue weighted by Gasteiger charge is 2.16. The van der Waals surface area contributed by atoms with Crippen molar-refractivity contribution in [2.24, 2.45) is 0 Å². The second-order valence-corrected chi connectivity index (χ2v) is 7.82. The van der Waals surface area contributed by atoms with Gasteiger partial charge in [0.05, 0.1) is 6.10 Å². The van der Waals surface area contributed by atoms with Crippen molar-refractivity contribution in [3.63, 3.8) is 0 Å². The van der Waals surface area contributed by atoms with Gasteiger partial charge in [-0.1, -0.05) is 35.9 Å². The van der Waals surface area contributed by atoms with Gasteiger partial charge in [-0.3, -0.25) is 4.79 Å². The molecule has 0 aliphatic heterocycles. The van der Waals surface area contributed by atoms with Crippen molar-refractivity contribution in [2.45, 2.75) is 38.4 Å². The molecule has 30 heavy (non-hydrogen) atoms. The molecule has 1 saturated carbocycles. The van der Waals surface area contributed by atoms with E-state index in [1.54, 1.807) is 18.2 Å². The molecule has 0 radical (unpaired) electrons. The molecular weight excluding hydrogens is 398 g/mol. The smallest absolute Gasteiger partial charge is 0.255 e. The lowest BCUT2D eigenvalue weighted by Gasteiger charge is -2.13. The molecule has 0 aromatic heterocycles. The van der Waals surface area contributed by atoms with E-state index in [4.69, 9.17) is 21.1 Å². The first-order valence-corrected chi connectivity index (χ1v) is 10.6. The van der Waals surface area contributed by atoms with E-state index in [0.29, 0.717) is 29.0 Å². The molecule has 0 unspecified atom stereocenters. The minimum absolute atomic E-state index is 0.192. The fourth-order valence-corrected chi connectivity index (χ4v) is 3.71. The highest BCUT2D eigenvalue weighted by atomic mass is 35.5. The van der Waals surface area contributed by atoms with Crippen LogP contribution in [0.25, 0.3) is 0 Å². The summed E-state index contributed by atoms with van der Waals surface area (Å²) < 4.78 is 11.8. The maximum Gasteiger partial charge on any atom is 0.255 e. The fraction of sp³-hybridized carbons (Fsp3) is 0.240. The first-order valence-electron chi connectivity index (χ1n) is 10.2. The number of rotatable bonds is 7. The minimum Gasteiger partial charge on any atom is -0.490 e. The van der Waals surface area contributed by atoms with Gasteiger partial charge in [-0.15, -0.1) is 0 Å². The van der Waals surface area contributed by atoms with Crippen LogP contribution in [0, 0.1) is 0 Å². The van der Waals surface area contributed by atoms with Crippen LogP contribution >= 0.6 is 11.6 Å². The van der Waals surface area contributed by atoms with Crippen LogP contribution in [0.15, 0.2) is 72.8 Å². The number of carbonyl (C=O) groups excluding carboxylic acids is 1. The van der Waals surface area contributed by atoms with Gasteiger partial charge in [0, 0.05) is 21.8 Å². The quantitative estimate of drug-likeness (QED) is 0.474. The predicted molar refractivity (Wildman–Crippen MR) is 120 cm³/mol. The van der Waals surface area contributed by atoms with E-state index in [1.165, 1.54) is 12.8 Å². The SMILES string of the molecule is O=C(Nc1ccc(OC2CCCC2)cc1)c1cccc(OCc2ccccc2Cl)c1. The molecule has 3 aromatic carbocycles. The van der Waals surface area contributed by atoms with Crippen LogP contribution in [0.2, 0.25) is 5.02 Å². The first-order chi connectivity index (χ1) is 14.7. The third-order valence-electron chi connectivity index (χ3n) is 5.17. The molecule has 1 amide bonds. The Morgan fingerprint density at radius 3 is 2.47 bits per heavy atom. The van der Waals surface area contributed by atoms with Gasteiger partial charge in [-0.25, -0.2) is 0 Å². The number of amides is 1. The van der Waals surface area contributed by atoms with Crippen LogP contribution in [0.1, 0.15) is 41.6 Å². The molecule has 0 bridgehead atoms. The number of hydrogen-bond acceptors (Lipinski definition) is 3. The lowest BCUT2D eigenvalue weighted by Crippen LogP contribution is -2.13. The molecule has 1 aliphatic rings. The van der Waals surface area contributed by atoms with Crippen molar-refractivity contribution in [3.05, 3.63) is 88.9 Å². The van der Waals surface area contributed by atoms with E-state index in [2.05, 4.69) is 5.32 Å². The highest BCUT2D eigenvalue weighted by molar-refractivity contribution is 6.31. The maximum atomic E-state index is 12.6. The third kappa shape index (κ3) is 5.33. The molecular formula is C25H24ClNO3. The van der Waals surface area contributed by atoms with E-state index >= 15 is 0 Å². The van der Waals surface area contributed by atoms with Crippen molar-refractivity contribution in [1.29, 1.82) is 0 Å². The van der Waals surface area contributed by atoms with Gasteiger partial charge in [-0.05, 0) is 74.2 Å². The summed E-state index contributed by atoms with van der Waals surface area (Å²) in [5.74, 6) is 1.26. The van der Waals surface area contributed by atoms with Gasteiger partial charge in [0.15, 0.2) is 0 Å². The monoisotopic (exact) mass is 421 g/mol. The summed E-state index contributed by atoms with van der Waals surface area (Å²) in [5, 5.41) is 3.58. The Bertz CT molecular complexity index is 997. The molecule has 0 saturated heterocycles. The molecule has 3 aromatic rings. The topological polar surface area (TPSA) is 47.6 Å². The zero-order valence-corrected chi connectivity index (χ0v) is 17.4. The molecule has 1 aliphatic carbocycles. The molecule has 1 N–H and O–H groups in total. The van der Waals surface area contributed by atoms with Crippen LogP contribution in [0.3, 0.4) is 0 Å². The van der Waals surface area contributed by atoms with E-state index < -0.39 is 0 Å². The van der Waals surface area contributed by atoms with Gasteiger partial charge >= 0.3 is 0 Å². The molecule has 1 fully saturated rings. The van der Waals surface area contributed by atoms with Gasteiger partial charge < -0.3 is 14.8 Å². The number of nitrogens with one attached hydrogen (secondary N) is 1. The Morgan fingerprint density at radius 2 is 1.70 bits per heavy atom. The van der Waals surface area contributed by atoms with Crippen molar-refractivity contribution < 1.29 is 14.3 Å². The number of hydrogen-bond donors (Lipinski definition) is 1. The average molecular weight is 422 g/mol. The lowest BCUT2D eigenvalue weighted by atomic mass is 10.2. The summed E-state index contributed by atoms with van der Waals surface area (Å²) in [5.41, 5.74) is 2.15. The molecule has 0 spiro atoms. The summed E-state index contributed by atoms with van der Waals surface area (Å²) in [6.07, 6.45) is 5.03. The van der Waals surface area contributed by atoms with Crippen LogP contribution < -0.4 is 14.8 Å². The first kappa shape index (κ1) is 20.3. The zero-order valence-electron chi connectivity index (χ0n) is 16.6. The Balaban J connectivity index is 1.35. The van der Waals surface area contributed by atoms with Crippen molar-refractivity contribution in [3.8, 4) is 11.5 Å². The lowest BCUT2D eigenvalue weighted by molar-refractivity contribution is 0.102. The second-order valence-electron chi connectivity index (χ2n) is 7.41. The Labute approximate surface area is 181 Å². The molecule has 4 rings (SSSR count). The maximum absolute atomic E-state index is 12.6. The normalized spacial score (nSPS) is 13.8. The zero-order chi connectivity index (χ0) is 20.8. The molecule has 4 nitrogen and oxygen atoms in total. The van der Waals surface area contributed by atoms with Gasteiger partial charge in [-0.2, -0.15) is 0 Å². The van der Waals surface area contributed by atoms with Crippen LogP contribution in [-0.4, -0.2) is 12.0 Å². The summed E-state index contributed by atoms with van der Waals surface area (Å²) in [7, 11) is 0. The van der Waals surface area contributed by atoms with E-state index in [9.17, 15) is 4.79 Å². The standard InChI is InChI=1S/C25H24ClNO3/c26-24-11-4-1-6-19(24)17-29-23-10-5-7-18(16-23)25(28)27-20-12-14-22(15-13-20)30-21-8-2-3-9-21/h1,4-7,10-16,21H,2-3,8-9,17H2,(H,27,28). The number of benzene rings is 3. The van der Waals surface area contributed by atoms with Crippen LogP contribution in [-0.2, 0) is 6.61 Å². The summed E-state index contributed by atoms with van der Waals surface area (Å²) in [6.45, 7) is 0.340. The van der Waals surface area contributed by atoms with E-state index in [-0.39, 0.29) is 5.91 Å². The number of carbonyl (C=O) groups is 1. The number of halogens is 1. The summed E-state index contributed by atoms with van der Waals surface area (Å²) in [6, 6.07) is 22.2. The van der Waals surface area contributed by atoms with Gasteiger partial charge in [0.25, 0.3) is 5.91 Å². The largest absolute Gasteiger partial charge is 0.490 e. The van der Waals surface area contributed by atoms with Crippen LogP contribution in [0.5, 0.6) is 11.5 Å². The summed E-state index contributed by atoms with van der Waals surface area (Å²) >= 11 is 6.17. The minimum atomic E-state index is -0.192. The fourth-order valence-electron chi connectivity index (χ4n) is 3.52. The van der Waals surface area contributed by atoms with E-state index in [0.717, 1.165) is 29.8 Å². The summed E-state index contributed by atoms with van der Waals surface area (Å²) in [4.78, 5) is 12.6. The molecule has 5 heteroatoms. The Hall–Kier alpha value is -2.98. The predicted octanol–water partition coefficient (Wildman–Crippen LogP) is 6.49. The van der Waals surface area contributed by atoms with E-state index in [1.807, 2.05) is 54.6 Å². The highest BCUT2D eigenvalue weighted by Crippen LogP contribution is 2.25. The van der Waals surface area contributed by atoms with Gasteiger partial charge in [0.1, 0.15) is 18.1 Å². The molecule has 0 heterocycles. The van der Waals surface area contributed by atoms with Crippen molar-refractivity contribution in [2.75, 3.05) is 5.32 Å². The Morgan fingerprint density at radius 1 is 0.933 bits per heavy atom. The van der Waals surface area contributed by atoms with Crippen molar-refractivity contribution >= 4 is 23.2 Å². The second kappa shape index (κ2) is 9.68. The average Bonchev–Trinajstić information content (AvgIpc) is 3.28. The van der Waals surface area contributed by atoms with Crippen LogP contribution in [0.4, 0.5) is 5.69 Å². The number of anilines is 1. The van der Waals surface area contributed by atoms with Gasteiger partial charge in [0.2, 0.25) is 0 Å².